The Balaban J connectivity index is 1.69. The van der Waals surface area contributed by atoms with Gasteiger partial charge in [0.25, 0.3) is 0 Å². The van der Waals surface area contributed by atoms with Crippen molar-refractivity contribution in [1.82, 2.24) is 5.43 Å². The highest BCUT2D eigenvalue weighted by molar-refractivity contribution is 6.32. The minimum atomic E-state index is -0.00741. The van der Waals surface area contributed by atoms with Crippen molar-refractivity contribution in [2.75, 3.05) is 5.01 Å². The smallest absolute Gasteiger partial charge is 0.0972 e. The molecule has 0 spiro atoms. The van der Waals surface area contributed by atoms with E-state index in [1.165, 1.54) is 0 Å². The van der Waals surface area contributed by atoms with E-state index in [-0.39, 0.29) is 6.04 Å². The van der Waals surface area contributed by atoms with Gasteiger partial charge in [-0.3, -0.25) is 10.4 Å². The second-order valence-corrected chi connectivity index (χ2v) is 7.07. The number of hydrogen-bond donors (Lipinski definition) is 1. The Morgan fingerprint density at radius 1 is 0.741 bits per heavy atom. The molecule has 0 aromatic heterocycles. The lowest BCUT2D eigenvalue weighted by atomic mass is 10.1. The molecule has 1 N–H and O–H groups in total. The van der Waals surface area contributed by atoms with E-state index < -0.39 is 0 Å². The molecule has 0 amide bonds. The van der Waals surface area contributed by atoms with Gasteiger partial charge >= 0.3 is 0 Å². The van der Waals surface area contributed by atoms with Crippen molar-refractivity contribution in [1.29, 1.82) is 0 Å². The number of nitrogens with one attached hydrogen (secondary N) is 1. The zero-order valence-electron chi connectivity index (χ0n) is 14.5. The van der Waals surface area contributed by atoms with Gasteiger partial charge < -0.3 is 0 Å². The van der Waals surface area contributed by atoms with E-state index in [0.29, 0.717) is 0 Å². The third-order valence-corrected chi connectivity index (χ3v) is 5.16. The fourth-order valence-electron chi connectivity index (χ4n) is 3.13. The Morgan fingerprint density at radius 2 is 1.41 bits per heavy atom. The predicted molar refractivity (Wildman–Crippen MR) is 115 cm³/mol. The number of benzene rings is 3. The van der Waals surface area contributed by atoms with Crippen molar-refractivity contribution in [2.45, 2.75) is 6.04 Å². The van der Waals surface area contributed by atoms with E-state index in [2.05, 4.69) is 34.7 Å². The quantitative estimate of drug-likeness (QED) is 0.533. The number of hydrazine groups is 1. The molecule has 0 bridgehead atoms. The fraction of sp³-hybridized carbons (Fsp3) is 0.0435. The molecule has 1 aliphatic rings. The summed E-state index contributed by atoms with van der Waals surface area (Å²) in [5, 5.41) is 3.60. The van der Waals surface area contributed by atoms with Gasteiger partial charge in [-0.1, -0.05) is 83.9 Å². The minimum Gasteiger partial charge on any atom is -0.298 e. The second kappa shape index (κ2) is 7.91. The van der Waals surface area contributed by atoms with Gasteiger partial charge in [0.1, 0.15) is 0 Å². The monoisotopic (exact) mass is 392 g/mol. The molecule has 3 aromatic carbocycles. The van der Waals surface area contributed by atoms with Crippen LogP contribution >= 0.6 is 23.2 Å². The molecule has 4 rings (SSSR count). The zero-order valence-corrected chi connectivity index (χ0v) is 16.0. The molecule has 27 heavy (non-hydrogen) atoms. The van der Waals surface area contributed by atoms with E-state index in [0.717, 1.165) is 32.6 Å². The number of para-hydroxylation sites is 1. The molecule has 134 valence electrons. The summed E-state index contributed by atoms with van der Waals surface area (Å²) in [6.45, 7) is 0. The van der Waals surface area contributed by atoms with Crippen LogP contribution in [-0.4, -0.2) is 0 Å². The molecular formula is C23H18Cl2N2. The van der Waals surface area contributed by atoms with Crippen LogP contribution in [0.1, 0.15) is 17.2 Å². The summed E-state index contributed by atoms with van der Waals surface area (Å²) in [4.78, 5) is 0. The van der Waals surface area contributed by atoms with Gasteiger partial charge in [-0.25, -0.2) is 0 Å². The molecule has 0 saturated carbocycles. The standard InChI is InChI=1S/C23H18Cl2N2/c24-21-12-6-4-8-17(21)14-15-18-16-23(20-11-5-7-13-22(20)25)27(26-18)19-9-2-1-3-10-19/h1-16,23,26H. The highest BCUT2D eigenvalue weighted by atomic mass is 35.5. The minimum absolute atomic E-state index is 0.00741. The Labute approximate surface area is 169 Å². The normalized spacial score (nSPS) is 16.4. The number of anilines is 1. The molecule has 1 unspecified atom stereocenters. The topological polar surface area (TPSA) is 15.3 Å². The van der Waals surface area contributed by atoms with Gasteiger partial charge in [-0.05, 0) is 47.5 Å². The third kappa shape index (κ3) is 3.87. The van der Waals surface area contributed by atoms with Crippen molar-refractivity contribution < 1.29 is 0 Å². The SMILES string of the molecule is Clc1ccccc1C=CC1=CC(c2ccccc2Cl)N(c2ccccc2)N1. The fourth-order valence-corrected chi connectivity index (χ4v) is 3.58. The first-order valence-corrected chi connectivity index (χ1v) is 9.48. The summed E-state index contributed by atoms with van der Waals surface area (Å²) in [7, 11) is 0. The van der Waals surface area contributed by atoms with E-state index in [4.69, 9.17) is 23.2 Å². The number of hydrogen-bond acceptors (Lipinski definition) is 2. The van der Waals surface area contributed by atoms with Crippen molar-refractivity contribution in [3.63, 3.8) is 0 Å². The maximum atomic E-state index is 6.48. The van der Waals surface area contributed by atoms with Crippen LogP contribution in [0.15, 0.2) is 96.7 Å². The highest BCUT2D eigenvalue weighted by Crippen LogP contribution is 2.35. The number of nitrogens with zero attached hydrogens (tertiary/aromatic N) is 1. The molecule has 2 nitrogen and oxygen atoms in total. The van der Waals surface area contributed by atoms with E-state index in [1.807, 2.05) is 72.8 Å². The first-order chi connectivity index (χ1) is 13.2. The molecule has 4 heteroatoms. The van der Waals surface area contributed by atoms with E-state index in [9.17, 15) is 0 Å². The number of rotatable bonds is 4. The van der Waals surface area contributed by atoms with Crippen LogP contribution in [0, 0.1) is 0 Å². The van der Waals surface area contributed by atoms with Gasteiger partial charge in [0.05, 0.1) is 17.4 Å². The average molecular weight is 393 g/mol. The van der Waals surface area contributed by atoms with Crippen molar-refractivity contribution in [3.8, 4) is 0 Å². The summed E-state index contributed by atoms with van der Waals surface area (Å²) < 4.78 is 0. The molecule has 1 heterocycles. The number of halogens is 2. The second-order valence-electron chi connectivity index (χ2n) is 6.26. The lowest BCUT2D eigenvalue weighted by Gasteiger charge is -2.27. The Kier molecular flexibility index (Phi) is 5.19. The summed E-state index contributed by atoms with van der Waals surface area (Å²) >= 11 is 12.7. The molecule has 3 aromatic rings. The van der Waals surface area contributed by atoms with Crippen LogP contribution in [0.5, 0.6) is 0 Å². The van der Waals surface area contributed by atoms with Crippen molar-refractivity contribution in [3.05, 3.63) is 118 Å². The van der Waals surface area contributed by atoms with Crippen LogP contribution in [0.25, 0.3) is 6.08 Å². The lowest BCUT2D eigenvalue weighted by Crippen LogP contribution is -2.34. The molecular weight excluding hydrogens is 375 g/mol. The van der Waals surface area contributed by atoms with Gasteiger partial charge in [0.2, 0.25) is 0 Å². The predicted octanol–water partition coefficient (Wildman–Crippen LogP) is 6.66. The number of allylic oxidation sites excluding steroid dienone is 1. The maximum absolute atomic E-state index is 6.48. The molecule has 1 aliphatic heterocycles. The first-order valence-electron chi connectivity index (χ1n) is 8.72. The van der Waals surface area contributed by atoms with Crippen LogP contribution in [-0.2, 0) is 0 Å². The van der Waals surface area contributed by atoms with Gasteiger partial charge in [0, 0.05) is 10.0 Å². The lowest BCUT2D eigenvalue weighted by molar-refractivity contribution is 0.710. The van der Waals surface area contributed by atoms with Crippen molar-refractivity contribution >= 4 is 35.0 Å². The van der Waals surface area contributed by atoms with Gasteiger partial charge in [-0.15, -0.1) is 0 Å². The van der Waals surface area contributed by atoms with Crippen LogP contribution < -0.4 is 10.4 Å². The molecule has 0 radical (unpaired) electrons. The van der Waals surface area contributed by atoms with Gasteiger partial charge in [-0.2, -0.15) is 0 Å². The summed E-state index contributed by atoms with van der Waals surface area (Å²) in [5.41, 5.74) is 7.57. The van der Waals surface area contributed by atoms with Crippen LogP contribution in [0.2, 0.25) is 10.0 Å². The molecule has 1 atom stereocenters. The Bertz CT molecular complexity index is 996. The van der Waals surface area contributed by atoms with E-state index in [1.54, 1.807) is 0 Å². The van der Waals surface area contributed by atoms with Gasteiger partial charge in [0.15, 0.2) is 0 Å². The Morgan fingerprint density at radius 3 is 2.15 bits per heavy atom. The molecule has 0 saturated heterocycles. The largest absolute Gasteiger partial charge is 0.298 e. The molecule has 0 aliphatic carbocycles. The van der Waals surface area contributed by atoms with E-state index >= 15 is 0 Å². The summed E-state index contributed by atoms with van der Waals surface area (Å²) in [6, 6.07) is 25.9. The van der Waals surface area contributed by atoms with Crippen molar-refractivity contribution in [2.24, 2.45) is 0 Å². The molecule has 0 fully saturated rings. The zero-order chi connectivity index (χ0) is 18.6. The third-order valence-electron chi connectivity index (χ3n) is 4.47. The first kappa shape index (κ1) is 17.7. The Hall–Kier alpha value is -2.68. The maximum Gasteiger partial charge on any atom is 0.0972 e. The average Bonchev–Trinajstić information content (AvgIpc) is 3.12. The summed E-state index contributed by atoms with van der Waals surface area (Å²) in [6.07, 6.45) is 6.22. The van der Waals surface area contributed by atoms with Crippen LogP contribution in [0.3, 0.4) is 0 Å². The highest BCUT2D eigenvalue weighted by Gasteiger charge is 2.26. The van der Waals surface area contributed by atoms with Crippen LogP contribution in [0.4, 0.5) is 5.69 Å². The summed E-state index contributed by atoms with van der Waals surface area (Å²) in [5.74, 6) is 0.